The molecular weight excluding hydrogens is 591 g/mol. The molecule has 0 unspecified atom stereocenters. The van der Waals surface area contributed by atoms with Crippen molar-refractivity contribution in [3.63, 3.8) is 0 Å². The number of rotatable bonds is 5. The van der Waals surface area contributed by atoms with Crippen LogP contribution in [-0.2, 0) is 11.0 Å². The maximum Gasteiger partial charge on any atom is 0.433 e. The zero-order valence-electron chi connectivity index (χ0n) is 24.3. The molecule has 1 saturated heterocycles. The molecule has 1 aliphatic rings. The molecule has 0 N–H and O–H groups in total. The van der Waals surface area contributed by atoms with Gasteiger partial charge in [-0.2, -0.15) is 18.4 Å². The lowest BCUT2D eigenvalue weighted by Gasteiger charge is -2.41. The molecule has 4 aromatic rings. The number of aromatic nitrogens is 2. The highest BCUT2D eigenvalue weighted by molar-refractivity contribution is 6.34. The topological polar surface area (TPSA) is 82.2 Å². The first-order valence-electron chi connectivity index (χ1n) is 14.0. The lowest BCUT2D eigenvalue weighted by atomic mass is 9.97. The molecule has 2 aromatic carbocycles. The lowest BCUT2D eigenvalue weighted by molar-refractivity contribution is -0.141. The molecule has 3 heterocycles. The van der Waals surface area contributed by atoms with Gasteiger partial charge in [0.2, 0.25) is 5.91 Å². The number of piperazine rings is 1. The number of benzene rings is 2. The standard InChI is InChI=1S/C33H29ClF3N5O2/c1-5-30(43)40-12-13-41(20(4)18-40)31-24-14-26(34)23(21-10-11-29(39-17-21)33(35,36)37)15-28(24)42(32(44)25(31)16-38)27-9-7-6-8-22(27)19(2)3/h5-11,14-15,17,19-20H,1,12-13,18H2,2-4H3/t20-/m0/s1. The molecule has 1 amide bonds. The van der Waals surface area contributed by atoms with Crippen LogP contribution in [0.1, 0.15) is 43.5 Å². The van der Waals surface area contributed by atoms with E-state index in [4.69, 9.17) is 11.6 Å². The van der Waals surface area contributed by atoms with Crippen LogP contribution < -0.4 is 10.5 Å². The summed E-state index contributed by atoms with van der Waals surface area (Å²) in [5.41, 5.74) is 1.31. The molecule has 11 heteroatoms. The monoisotopic (exact) mass is 619 g/mol. The Labute approximate surface area is 257 Å². The van der Waals surface area contributed by atoms with Crippen LogP contribution in [-0.4, -0.2) is 46.0 Å². The van der Waals surface area contributed by atoms with Crippen LogP contribution in [0.4, 0.5) is 18.9 Å². The number of nitrogens with zero attached hydrogens (tertiary/aromatic N) is 5. The van der Waals surface area contributed by atoms with Crippen LogP contribution >= 0.6 is 11.6 Å². The Morgan fingerprint density at radius 3 is 2.50 bits per heavy atom. The zero-order chi connectivity index (χ0) is 31.9. The first kappa shape index (κ1) is 30.8. The number of hydrogen-bond donors (Lipinski definition) is 0. The smallest absolute Gasteiger partial charge is 0.363 e. The van der Waals surface area contributed by atoms with Gasteiger partial charge in [-0.1, -0.05) is 56.3 Å². The van der Waals surface area contributed by atoms with E-state index in [9.17, 15) is 28.0 Å². The van der Waals surface area contributed by atoms with E-state index >= 15 is 0 Å². The fraction of sp³-hybridized carbons (Fsp3) is 0.273. The molecule has 1 aliphatic heterocycles. The van der Waals surface area contributed by atoms with Crippen LogP contribution in [0.3, 0.4) is 0 Å². The number of hydrogen-bond acceptors (Lipinski definition) is 5. The molecule has 0 radical (unpaired) electrons. The summed E-state index contributed by atoms with van der Waals surface area (Å²) in [4.78, 5) is 33.8. The van der Waals surface area contributed by atoms with Crippen molar-refractivity contribution in [1.82, 2.24) is 14.5 Å². The Morgan fingerprint density at radius 1 is 1.18 bits per heavy atom. The molecule has 0 aliphatic carbocycles. The highest BCUT2D eigenvalue weighted by Crippen LogP contribution is 2.40. The number of amides is 1. The number of alkyl halides is 3. The molecule has 0 spiro atoms. The number of para-hydroxylation sites is 1. The Hall–Kier alpha value is -4.62. The van der Waals surface area contributed by atoms with Crippen LogP contribution in [0.5, 0.6) is 0 Å². The summed E-state index contributed by atoms with van der Waals surface area (Å²) >= 11 is 6.81. The molecule has 0 bridgehead atoms. The second-order valence-corrected chi connectivity index (χ2v) is 11.4. The van der Waals surface area contributed by atoms with E-state index in [1.165, 1.54) is 16.7 Å². The summed E-state index contributed by atoms with van der Waals surface area (Å²) in [7, 11) is 0. The van der Waals surface area contributed by atoms with Gasteiger partial charge in [0.1, 0.15) is 17.3 Å². The van der Waals surface area contributed by atoms with Crippen molar-refractivity contribution in [3.05, 3.63) is 99.6 Å². The van der Waals surface area contributed by atoms with E-state index in [-0.39, 0.29) is 28.5 Å². The first-order chi connectivity index (χ1) is 20.9. The van der Waals surface area contributed by atoms with Crippen molar-refractivity contribution in [2.45, 2.75) is 38.9 Å². The molecule has 226 valence electrons. The van der Waals surface area contributed by atoms with Crippen LogP contribution in [0.25, 0.3) is 27.7 Å². The number of nitriles is 1. The van der Waals surface area contributed by atoms with Crippen molar-refractivity contribution in [1.29, 1.82) is 5.26 Å². The van der Waals surface area contributed by atoms with Gasteiger partial charge in [0.15, 0.2) is 0 Å². The summed E-state index contributed by atoms with van der Waals surface area (Å²) in [6.45, 7) is 10.5. The minimum atomic E-state index is -4.60. The van der Waals surface area contributed by atoms with E-state index in [0.29, 0.717) is 53.0 Å². The maximum atomic E-state index is 14.3. The Bertz CT molecular complexity index is 1880. The van der Waals surface area contributed by atoms with Gasteiger partial charge in [-0.05, 0) is 48.7 Å². The van der Waals surface area contributed by atoms with Crippen molar-refractivity contribution >= 4 is 34.1 Å². The summed E-state index contributed by atoms with van der Waals surface area (Å²) in [5.74, 6) is -0.180. The van der Waals surface area contributed by atoms with Gasteiger partial charge >= 0.3 is 6.18 Å². The summed E-state index contributed by atoms with van der Waals surface area (Å²) < 4.78 is 41.2. The van der Waals surface area contributed by atoms with Crippen molar-refractivity contribution in [3.8, 4) is 22.9 Å². The molecule has 1 atom stereocenters. The number of halogens is 4. The molecule has 1 fully saturated rings. The van der Waals surface area contributed by atoms with E-state index < -0.39 is 17.4 Å². The molecule has 7 nitrogen and oxygen atoms in total. The summed E-state index contributed by atoms with van der Waals surface area (Å²) in [6, 6.07) is 14.7. The minimum Gasteiger partial charge on any atom is -0.363 e. The van der Waals surface area contributed by atoms with Gasteiger partial charge < -0.3 is 9.80 Å². The van der Waals surface area contributed by atoms with Crippen molar-refractivity contribution < 1.29 is 18.0 Å². The predicted molar refractivity (Wildman–Crippen MR) is 165 cm³/mol. The number of carbonyl (C=O) groups excluding carboxylic acids is 1. The van der Waals surface area contributed by atoms with Crippen molar-refractivity contribution in [2.24, 2.45) is 0 Å². The molecular formula is C33H29ClF3N5O2. The minimum absolute atomic E-state index is 0.0275. The molecule has 5 rings (SSSR count). The Balaban J connectivity index is 1.83. The molecule has 0 saturated carbocycles. The number of carbonyl (C=O) groups is 1. The van der Waals surface area contributed by atoms with E-state index in [1.54, 1.807) is 29.2 Å². The fourth-order valence-electron chi connectivity index (χ4n) is 5.77. The van der Waals surface area contributed by atoms with Gasteiger partial charge in [-0.15, -0.1) is 0 Å². The lowest BCUT2D eigenvalue weighted by Crippen LogP contribution is -2.54. The van der Waals surface area contributed by atoms with Gasteiger partial charge in [0, 0.05) is 53.4 Å². The first-order valence-corrected chi connectivity index (χ1v) is 14.4. The fourth-order valence-corrected chi connectivity index (χ4v) is 6.05. The Morgan fingerprint density at radius 2 is 1.91 bits per heavy atom. The summed E-state index contributed by atoms with van der Waals surface area (Å²) in [5, 5.41) is 11.1. The van der Waals surface area contributed by atoms with E-state index in [1.807, 2.05) is 37.8 Å². The predicted octanol–water partition coefficient (Wildman–Crippen LogP) is 6.94. The highest BCUT2D eigenvalue weighted by atomic mass is 35.5. The normalized spacial score (nSPS) is 15.5. The molecule has 44 heavy (non-hydrogen) atoms. The number of anilines is 1. The highest BCUT2D eigenvalue weighted by Gasteiger charge is 2.33. The SMILES string of the molecule is C=CC(=O)N1CCN(c2c(C#N)c(=O)n(-c3ccccc3C(C)C)c3cc(-c4ccc(C(F)(F)F)nc4)c(Cl)cc23)[C@@H](C)C1. The number of fused-ring (bicyclic) bond motifs is 1. The van der Waals surface area contributed by atoms with E-state index in [2.05, 4.69) is 17.6 Å². The third-order valence-electron chi connectivity index (χ3n) is 7.91. The van der Waals surface area contributed by atoms with Gasteiger partial charge in [-0.25, -0.2) is 0 Å². The third-order valence-corrected chi connectivity index (χ3v) is 8.23. The average molecular weight is 620 g/mol. The van der Waals surface area contributed by atoms with Crippen LogP contribution in [0, 0.1) is 11.3 Å². The molecule has 2 aromatic heterocycles. The number of pyridine rings is 2. The van der Waals surface area contributed by atoms with Crippen LogP contribution in [0.2, 0.25) is 5.02 Å². The quantitative estimate of drug-likeness (QED) is 0.226. The summed E-state index contributed by atoms with van der Waals surface area (Å²) in [6.07, 6.45) is -2.25. The third kappa shape index (κ3) is 5.44. The maximum absolute atomic E-state index is 14.3. The Kier molecular flexibility index (Phi) is 8.28. The van der Waals surface area contributed by atoms with Gasteiger partial charge in [0.25, 0.3) is 5.56 Å². The van der Waals surface area contributed by atoms with Gasteiger partial charge in [0.05, 0.1) is 16.9 Å². The average Bonchev–Trinajstić information content (AvgIpc) is 3.00. The largest absolute Gasteiger partial charge is 0.433 e. The van der Waals surface area contributed by atoms with E-state index in [0.717, 1.165) is 17.8 Å². The van der Waals surface area contributed by atoms with Crippen LogP contribution in [0.15, 0.2) is 72.2 Å². The second-order valence-electron chi connectivity index (χ2n) is 11.0. The zero-order valence-corrected chi connectivity index (χ0v) is 25.1. The van der Waals surface area contributed by atoms with Crippen molar-refractivity contribution in [2.75, 3.05) is 24.5 Å². The second kappa shape index (κ2) is 11.8. The van der Waals surface area contributed by atoms with Gasteiger partial charge in [-0.3, -0.25) is 19.1 Å².